The van der Waals surface area contributed by atoms with Gasteiger partial charge in [-0.15, -0.1) is 0 Å². The molecule has 2 aliphatic rings. The molecule has 2 fully saturated rings. The number of rotatable bonds is 1. The first kappa shape index (κ1) is 11.1. The van der Waals surface area contributed by atoms with Crippen molar-refractivity contribution in [3.8, 4) is 0 Å². The monoisotopic (exact) mass is 231 g/mol. The zero-order valence-corrected chi connectivity index (χ0v) is 10.9. The Bertz CT molecular complexity index is 366. The maximum atomic E-state index is 2.56. The summed E-state index contributed by atoms with van der Waals surface area (Å²) in [4.78, 5) is 2.56. The molecule has 2 saturated heterocycles. The molecule has 0 N–H and O–H groups in total. The van der Waals surface area contributed by atoms with Gasteiger partial charge in [0.25, 0.3) is 0 Å². The summed E-state index contributed by atoms with van der Waals surface area (Å²) < 4.78 is 1.41. The van der Waals surface area contributed by atoms with Crippen molar-refractivity contribution < 1.29 is 4.48 Å². The fourth-order valence-corrected chi connectivity index (χ4v) is 3.36. The van der Waals surface area contributed by atoms with Crippen LogP contribution in [0.5, 0.6) is 0 Å². The van der Waals surface area contributed by atoms with Crippen molar-refractivity contribution in [3.05, 3.63) is 29.8 Å². The van der Waals surface area contributed by atoms with E-state index in [0.29, 0.717) is 0 Å². The van der Waals surface area contributed by atoms with Crippen LogP contribution in [-0.2, 0) is 0 Å². The molecular weight excluding hydrogens is 208 g/mol. The van der Waals surface area contributed by atoms with Gasteiger partial charge in [-0.3, -0.25) is 0 Å². The molecule has 2 aliphatic heterocycles. The van der Waals surface area contributed by atoms with Crippen molar-refractivity contribution in [3.63, 3.8) is 0 Å². The molecular formula is C15H23N2+. The van der Waals surface area contributed by atoms with Gasteiger partial charge in [0.15, 0.2) is 0 Å². The van der Waals surface area contributed by atoms with Gasteiger partial charge in [-0.1, -0.05) is 17.7 Å². The lowest BCUT2D eigenvalue weighted by Crippen LogP contribution is -2.58. The van der Waals surface area contributed by atoms with Gasteiger partial charge in [-0.2, -0.15) is 0 Å². The van der Waals surface area contributed by atoms with Crippen molar-refractivity contribution in [2.24, 2.45) is 0 Å². The summed E-state index contributed by atoms with van der Waals surface area (Å²) in [5.41, 5.74) is 2.77. The van der Waals surface area contributed by atoms with Gasteiger partial charge in [-0.05, 0) is 19.1 Å². The Labute approximate surface area is 104 Å². The number of nitrogens with zero attached hydrogens (tertiary/aromatic N) is 2. The molecule has 92 valence electrons. The smallest absolute Gasteiger partial charge is 0.0965 e. The predicted molar refractivity (Wildman–Crippen MR) is 72.4 cm³/mol. The van der Waals surface area contributed by atoms with Crippen LogP contribution < -0.4 is 4.90 Å². The molecule has 0 aromatic heterocycles. The standard InChI is InChI=1S/C15H23N2/c1-14-4-6-15(7-5-14)16-8-12-17(13-9-16)10-2-3-11-17/h4-7H,2-3,8-13H2,1H3/q+1. The second kappa shape index (κ2) is 4.34. The van der Waals surface area contributed by atoms with Crippen LogP contribution >= 0.6 is 0 Å². The molecule has 17 heavy (non-hydrogen) atoms. The van der Waals surface area contributed by atoms with Crippen LogP contribution in [0.4, 0.5) is 5.69 Å². The first-order chi connectivity index (χ1) is 8.27. The molecule has 2 heteroatoms. The van der Waals surface area contributed by atoms with E-state index in [1.807, 2.05) is 0 Å². The van der Waals surface area contributed by atoms with Gasteiger partial charge in [-0.25, -0.2) is 0 Å². The van der Waals surface area contributed by atoms with Crippen LogP contribution in [0, 0.1) is 6.92 Å². The van der Waals surface area contributed by atoms with Crippen molar-refractivity contribution in [2.75, 3.05) is 44.2 Å². The minimum Gasteiger partial charge on any atom is -0.360 e. The first-order valence-electron chi connectivity index (χ1n) is 6.94. The zero-order valence-electron chi connectivity index (χ0n) is 10.9. The molecule has 1 aromatic carbocycles. The number of hydrogen-bond acceptors (Lipinski definition) is 1. The summed E-state index contributed by atoms with van der Waals surface area (Å²) in [6.45, 7) is 10.2. The lowest BCUT2D eigenvalue weighted by Gasteiger charge is -2.42. The summed E-state index contributed by atoms with van der Waals surface area (Å²) in [6.07, 6.45) is 2.90. The molecule has 0 saturated carbocycles. The van der Waals surface area contributed by atoms with E-state index in [-0.39, 0.29) is 0 Å². The molecule has 0 amide bonds. The van der Waals surface area contributed by atoms with Crippen molar-refractivity contribution in [1.29, 1.82) is 0 Å². The Morgan fingerprint density at radius 3 is 2.06 bits per heavy atom. The van der Waals surface area contributed by atoms with E-state index < -0.39 is 0 Å². The molecule has 1 spiro atoms. The van der Waals surface area contributed by atoms with Crippen molar-refractivity contribution in [1.82, 2.24) is 0 Å². The zero-order chi connectivity index (χ0) is 11.7. The highest BCUT2D eigenvalue weighted by atomic mass is 15.4. The normalized spacial score (nSPS) is 23.2. The Kier molecular flexibility index (Phi) is 2.83. The number of benzene rings is 1. The van der Waals surface area contributed by atoms with Crippen LogP contribution in [-0.4, -0.2) is 43.8 Å². The first-order valence-corrected chi connectivity index (χ1v) is 6.94. The van der Waals surface area contributed by atoms with E-state index in [0.717, 1.165) is 0 Å². The van der Waals surface area contributed by atoms with Gasteiger partial charge in [0.05, 0.1) is 39.3 Å². The molecule has 0 aliphatic carbocycles. The highest BCUT2D eigenvalue weighted by molar-refractivity contribution is 5.47. The SMILES string of the molecule is Cc1ccc(N2CC[N+]3(CCCC3)CC2)cc1. The number of aryl methyl sites for hydroxylation is 1. The average Bonchev–Trinajstić information content (AvgIpc) is 2.80. The molecule has 0 unspecified atom stereocenters. The van der Waals surface area contributed by atoms with Gasteiger partial charge in [0, 0.05) is 18.5 Å². The summed E-state index contributed by atoms with van der Waals surface area (Å²) in [7, 11) is 0. The Morgan fingerprint density at radius 2 is 1.47 bits per heavy atom. The average molecular weight is 231 g/mol. The van der Waals surface area contributed by atoms with Gasteiger partial charge in [0.2, 0.25) is 0 Å². The van der Waals surface area contributed by atoms with Crippen molar-refractivity contribution in [2.45, 2.75) is 19.8 Å². The Balaban J connectivity index is 1.66. The Morgan fingerprint density at radius 1 is 0.882 bits per heavy atom. The highest BCUT2D eigenvalue weighted by Crippen LogP contribution is 2.25. The Hall–Kier alpha value is -1.02. The quantitative estimate of drug-likeness (QED) is 0.671. The summed E-state index contributed by atoms with van der Waals surface area (Å²) in [5, 5.41) is 0. The molecule has 0 radical (unpaired) electrons. The second-order valence-electron chi connectivity index (χ2n) is 5.77. The van der Waals surface area contributed by atoms with Gasteiger partial charge >= 0.3 is 0 Å². The predicted octanol–water partition coefficient (Wildman–Crippen LogP) is 2.43. The van der Waals surface area contributed by atoms with Crippen LogP contribution in [0.15, 0.2) is 24.3 Å². The number of piperazine rings is 1. The van der Waals surface area contributed by atoms with Crippen LogP contribution in [0.3, 0.4) is 0 Å². The van der Waals surface area contributed by atoms with Crippen LogP contribution in [0.2, 0.25) is 0 Å². The van der Waals surface area contributed by atoms with Crippen LogP contribution in [0.1, 0.15) is 18.4 Å². The molecule has 2 nitrogen and oxygen atoms in total. The number of hydrogen-bond donors (Lipinski definition) is 0. The third-order valence-electron chi connectivity index (χ3n) is 4.60. The topological polar surface area (TPSA) is 3.24 Å². The van der Waals surface area contributed by atoms with E-state index >= 15 is 0 Å². The number of quaternary nitrogens is 1. The van der Waals surface area contributed by atoms with Gasteiger partial charge in [0.1, 0.15) is 0 Å². The summed E-state index contributed by atoms with van der Waals surface area (Å²) in [6, 6.07) is 9.00. The lowest BCUT2D eigenvalue weighted by atomic mass is 10.2. The summed E-state index contributed by atoms with van der Waals surface area (Å²) in [5.74, 6) is 0. The van der Waals surface area contributed by atoms with E-state index in [4.69, 9.17) is 0 Å². The van der Waals surface area contributed by atoms with E-state index in [2.05, 4.69) is 36.1 Å². The summed E-state index contributed by atoms with van der Waals surface area (Å²) >= 11 is 0. The molecule has 0 bridgehead atoms. The largest absolute Gasteiger partial charge is 0.360 e. The fourth-order valence-electron chi connectivity index (χ4n) is 3.36. The molecule has 3 rings (SSSR count). The third-order valence-corrected chi connectivity index (χ3v) is 4.60. The van der Waals surface area contributed by atoms with Crippen molar-refractivity contribution >= 4 is 5.69 Å². The van der Waals surface area contributed by atoms with E-state index in [1.165, 1.54) is 67.8 Å². The highest BCUT2D eigenvalue weighted by Gasteiger charge is 2.35. The lowest BCUT2D eigenvalue weighted by molar-refractivity contribution is -0.917. The maximum Gasteiger partial charge on any atom is 0.0965 e. The molecule has 0 atom stereocenters. The molecule has 1 aromatic rings. The molecule has 2 heterocycles. The van der Waals surface area contributed by atoms with Crippen LogP contribution in [0.25, 0.3) is 0 Å². The minimum absolute atomic E-state index is 1.24. The van der Waals surface area contributed by atoms with E-state index in [1.54, 1.807) is 0 Å². The van der Waals surface area contributed by atoms with E-state index in [9.17, 15) is 0 Å². The number of anilines is 1. The van der Waals surface area contributed by atoms with Gasteiger partial charge < -0.3 is 9.38 Å². The second-order valence-corrected chi connectivity index (χ2v) is 5.77. The maximum absolute atomic E-state index is 2.56. The fraction of sp³-hybridized carbons (Fsp3) is 0.600. The minimum atomic E-state index is 1.24. The third kappa shape index (κ3) is 2.19.